The second kappa shape index (κ2) is 37.2. The van der Waals surface area contributed by atoms with Gasteiger partial charge in [-0.05, 0) is 116 Å². The quantitative estimate of drug-likeness (QED) is 0.0368. The molecule has 0 aliphatic rings. The monoisotopic (exact) mass is 691 g/mol. The first kappa shape index (κ1) is 46.4. The fourth-order valence-corrected chi connectivity index (χ4v) is 7.51. The third-order valence-corrected chi connectivity index (χ3v) is 10.8. The summed E-state index contributed by atoms with van der Waals surface area (Å²) in [7, 11) is 0. The van der Waals surface area contributed by atoms with Crippen molar-refractivity contribution in [2.45, 2.75) is 220 Å². The molecule has 1 heteroatoms. The van der Waals surface area contributed by atoms with Gasteiger partial charge in [0.2, 0.25) is 0 Å². The van der Waals surface area contributed by atoms with Crippen molar-refractivity contribution in [2.75, 3.05) is 19.6 Å². The minimum atomic E-state index is 1.22. The summed E-state index contributed by atoms with van der Waals surface area (Å²) in [5.74, 6) is 0. The number of quaternary nitrogens is 1. The molecule has 1 aromatic rings. The summed E-state index contributed by atoms with van der Waals surface area (Å²) in [4.78, 5) is 0. The van der Waals surface area contributed by atoms with Crippen molar-refractivity contribution < 1.29 is 4.48 Å². The zero-order valence-electron chi connectivity index (χ0n) is 34.3. The van der Waals surface area contributed by atoms with Crippen molar-refractivity contribution >= 4 is 0 Å². The molecule has 1 rings (SSSR count). The van der Waals surface area contributed by atoms with E-state index in [-0.39, 0.29) is 0 Å². The van der Waals surface area contributed by atoms with Crippen molar-refractivity contribution in [1.29, 1.82) is 0 Å². The summed E-state index contributed by atoms with van der Waals surface area (Å²) in [6.45, 7) is 12.2. The van der Waals surface area contributed by atoms with Crippen molar-refractivity contribution in [3.8, 4) is 0 Å². The van der Waals surface area contributed by atoms with Crippen LogP contribution in [0.3, 0.4) is 0 Å². The molecule has 0 unspecified atom stereocenters. The maximum absolute atomic E-state index is 2.48. The zero-order valence-corrected chi connectivity index (χ0v) is 34.3. The summed E-state index contributed by atoms with van der Waals surface area (Å²) in [6.07, 6.45) is 55.7. The highest BCUT2D eigenvalue weighted by Gasteiger charge is 2.26. The molecule has 0 spiro atoms. The topological polar surface area (TPSA) is 0 Å². The molecule has 0 radical (unpaired) electrons. The summed E-state index contributed by atoms with van der Waals surface area (Å²) >= 11 is 0. The van der Waals surface area contributed by atoms with Gasteiger partial charge in [0.05, 0.1) is 19.6 Å². The van der Waals surface area contributed by atoms with Crippen LogP contribution in [0, 0.1) is 0 Å². The van der Waals surface area contributed by atoms with Gasteiger partial charge in [-0.2, -0.15) is 0 Å². The number of rotatable bonds is 38. The second-order valence-corrected chi connectivity index (χ2v) is 15.7. The van der Waals surface area contributed by atoms with Crippen LogP contribution in [0.25, 0.3) is 0 Å². The summed E-state index contributed by atoms with van der Waals surface area (Å²) < 4.78 is 1.30. The van der Waals surface area contributed by atoms with E-state index >= 15 is 0 Å². The van der Waals surface area contributed by atoms with E-state index in [1.165, 1.54) is 229 Å². The van der Waals surface area contributed by atoms with Crippen molar-refractivity contribution in [3.05, 3.63) is 72.4 Å². The van der Waals surface area contributed by atoms with E-state index in [0.717, 1.165) is 0 Å². The molecule has 0 amide bonds. The first-order valence-electron chi connectivity index (χ1n) is 22.6. The van der Waals surface area contributed by atoms with Gasteiger partial charge in [-0.25, -0.2) is 0 Å². The molecule has 0 atom stereocenters. The van der Waals surface area contributed by atoms with Crippen LogP contribution >= 0.6 is 0 Å². The molecule has 50 heavy (non-hydrogen) atoms. The molecule has 0 bridgehead atoms. The Hall–Kier alpha value is -1.60. The second-order valence-electron chi connectivity index (χ2n) is 15.7. The van der Waals surface area contributed by atoms with E-state index in [2.05, 4.69) is 87.6 Å². The minimum Gasteiger partial charge on any atom is -0.320 e. The Morgan fingerprint density at radius 2 is 0.620 bits per heavy atom. The van der Waals surface area contributed by atoms with E-state index < -0.39 is 0 Å². The molecule has 1 aromatic carbocycles. The predicted octanol–water partition coefficient (Wildman–Crippen LogP) is 16.4. The first-order chi connectivity index (χ1) is 24.8. The number of nitrogens with zero attached hydrogens (tertiary/aromatic N) is 1. The molecule has 0 heterocycles. The number of benzene rings is 1. The molecular weight excluding hydrogens is 603 g/mol. The van der Waals surface area contributed by atoms with Crippen molar-refractivity contribution in [1.82, 2.24) is 0 Å². The average molecular weight is 691 g/mol. The van der Waals surface area contributed by atoms with Gasteiger partial charge < -0.3 is 4.48 Å². The fourth-order valence-electron chi connectivity index (χ4n) is 7.51. The number of unbranched alkanes of at least 4 members (excludes halogenated alkanes) is 24. The molecule has 0 saturated heterocycles. The summed E-state index contributed by atoms with van der Waals surface area (Å²) in [5.41, 5.74) is 1.54. The average Bonchev–Trinajstić information content (AvgIpc) is 3.13. The molecule has 0 N–H and O–H groups in total. The first-order valence-corrected chi connectivity index (χ1v) is 22.6. The number of hydrogen-bond acceptors (Lipinski definition) is 0. The molecular formula is C49H88N+. The standard InChI is InChI=1S/C49H88N/c1-4-7-10-13-16-19-22-25-28-31-34-40-45-50(48-49-43-38-37-39-44-49,46-41-35-32-29-26-23-20-17-14-11-8-5-2)47-42-36-33-30-27-24-21-18-15-12-9-6-3/h22-27,37-39,43-44H,4-21,28-36,40-42,45-48H2,1-3H3/q+1/b25-22+,26-23+,27-24+. The summed E-state index contributed by atoms with van der Waals surface area (Å²) in [6, 6.07) is 11.5. The minimum absolute atomic E-state index is 1.22. The summed E-state index contributed by atoms with van der Waals surface area (Å²) in [5, 5.41) is 0. The number of allylic oxidation sites excluding steroid dienone is 6. The highest BCUT2D eigenvalue weighted by atomic mass is 15.3. The normalized spacial score (nSPS) is 12.4. The van der Waals surface area contributed by atoms with E-state index in [4.69, 9.17) is 0 Å². The third kappa shape index (κ3) is 30.1. The predicted molar refractivity (Wildman–Crippen MR) is 228 cm³/mol. The van der Waals surface area contributed by atoms with Gasteiger partial charge in [0.1, 0.15) is 6.54 Å². The van der Waals surface area contributed by atoms with Crippen LogP contribution in [-0.2, 0) is 6.54 Å². The van der Waals surface area contributed by atoms with Crippen molar-refractivity contribution in [2.24, 2.45) is 0 Å². The number of hydrogen-bond donors (Lipinski definition) is 0. The van der Waals surface area contributed by atoms with Crippen LogP contribution in [0.2, 0.25) is 0 Å². The van der Waals surface area contributed by atoms with E-state index in [9.17, 15) is 0 Å². The Morgan fingerprint density at radius 3 is 0.920 bits per heavy atom. The van der Waals surface area contributed by atoms with Gasteiger partial charge in [0.25, 0.3) is 0 Å². The molecule has 288 valence electrons. The van der Waals surface area contributed by atoms with Gasteiger partial charge in [0.15, 0.2) is 0 Å². The Labute approximate surface area is 315 Å². The zero-order chi connectivity index (χ0) is 35.9. The van der Waals surface area contributed by atoms with Gasteiger partial charge in [-0.3, -0.25) is 0 Å². The van der Waals surface area contributed by atoms with Gasteiger partial charge in [-0.15, -0.1) is 0 Å². The smallest absolute Gasteiger partial charge is 0.104 e. The van der Waals surface area contributed by atoms with Gasteiger partial charge in [-0.1, -0.05) is 165 Å². The Bertz CT molecular complexity index is 796. The SMILES string of the molecule is CCCCCCC/C=C/CCCCC[N+](CCCCC/C=C/CCCCCCC)(CCCCC/C=C/CCCCCCC)Cc1ccccc1. The van der Waals surface area contributed by atoms with Crippen LogP contribution in [0.5, 0.6) is 0 Å². The van der Waals surface area contributed by atoms with Crippen LogP contribution in [0.4, 0.5) is 0 Å². The van der Waals surface area contributed by atoms with Crippen LogP contribution in [0.1, 0.15) is 219 Å². The third-order valence-electron chi connectivity index (χ3n) is 10.8. The lowest BCUT2D eigenvalue weighted by molar-refractivity contribution is -0.941. The fraction of sp³-hybridized carbons (Fsp3) is 0.755. The van der Waals surface area contributed by atoms with Gasteiger partial charge >= 0.3 is 0 Å². The lowest BCUT2D eigenvalue weighted by Crippen LogP contribution is -2.49. The lowest BCUT2D eigenvalue weighted by Gasteiger charge is -2.39. The highest BCUT2D eigenvalue weighted by Crippen LogP contribution is 2.22. The molecule has 0 aromatic heterocycles. The van der Waals surface area contributed by atoms with E-state index in [1.54, 1.807) is 0 Å². The molecule has 0 fully saturated rings. The molecule has 0 aliphatic carbocycles. The Morgan fingerprint density at radius 1 is 0.340 bits per heavy atom. The largest absolute Gasteiger partial charge is 0.320 e. The lowest BCUT2D eigenvalue weighted by atomic mass is 10.1. The molecule has 1 nitrogen and oxygen atoms in total. The van der Waals surface area contributed by atoms with Crippen LogP contribution < -0.4 is 0 Å². The van der Waals surface area contributed by atoms with E-state index in [0.29, 0.717) is 0 Å². The van der Waals surface area contributed by atoms with Crippen molar-refractivity contribution in [3.63, 3.8) is 0 Å². The van der Waals surface area contributed by atoms with Gasteiger partial charge in [0, 0.05) is 5.56 Å². The van der Waals surface area contributed by atoms with Crippen LogP contribution in [-0.4, -0.2) is 24.1 Å². The maximum atomic E-state index is 2.48. The highest BCUT2D eigenvalue weighted by molar-refractivity contribution is 5.13. The maximum Gasteiger partial charge on any atom is 0.104 e. The molecule has 0 saturated carbocycles. The molecule has 0 aliphatic heterocycles. The Balaban J connectivity index is 2.62. The van der Waals surface area contributed by atoms with Crippen LogP contribution in [0.15, 0.2) is 66.8 Å². The Kier molecular flexibility index (Phi) is 34.5. The van der Waals surface area contributed by atoms with E-state index in [1.807, 2.05) is 0 Å².